The van der Waals surface area contributed by atoms with E-state index in [0.29, 0.717) is 6.42 Å². The summed E-state index contributed by atoms with van der Waals surface area (Å²) in [7, 11) is -3.91. The lowest BCUT2D eigenvalue weighted by molar-refractivity contribution is -0.136. The largest absolute Gasteiger partial charge is 0.480 e. The van der Waals surface area contributed by atoms with E-state index in [4.69, 9.17) is 5.11 Å². The van der Waals surface area contributed by atoms with E-state index in [1.54, 1.807) is 6.92 Å². The van der Waals surface area contributed by atoms with Crippen LogP contribution in [0, 0.1) is 0 Å². The quantitative estimate of drug-likeness (QED) is 0.792. The molecule has 1 aromatic carbocycles. The SMILES string of the molecule is CCCN(C(C)c1ccccc1Br)S(=O)(=O)C(C)C(=O)O. The summed E-state index contributed by atoms with van der Waals surface area (Å²) < 4.78 is 27.1. The van der Waals surface area contributed by atoms with E-state index >= 15 is 0 Å². The molecule has 0 aromatic heterocycles. The second-order valence-electron chi connectivity index (χ2n) is 4.83. The molecule has 2 atom stereocenters. The summed E-state index contributed by atoms with van der Waals surface area (Å²) in [5, 5.41) is 7.56. The van der Waals surface area contributed by atoms with E-state index in [1.807, 2.05) is 31.2 Å². The molecule has 0 aliphatic heterocycles. The van der Waals surface area contributed by atoms with Crippen molar-refractivity contribution in [3.63, 3.8) is 0 Å². The Balaban J connectivity index is 3.24. The Bertz CT molecular complexity index is 603. The van der Waals surface area contributed by atoms with Crippen molar-refractivity contribution >= 4 is 31.9 Å². The minimum atomic E-state index is -3.91. The van der Waals surface area contributed by atoms with Crippen LogP contribution < -0.4 is 0 Å². The summed E-state index contributed by atoms with van der Waals surface area (Å²) in [6, 6.07) is 6.90. The van der Waals surface area contributed by atoms with Crippen LogP contribution in [0.1, 0.15) is 38.8 Å². The zero-order valence-corrected chi connectivity index (χ0v) is 14.7. The van der Waals surface area contributed by atoms with Gasteiger partial charge in [-0.1, -0.05) is 41.1 Å². The van der Waals surface area contributed by atoms with E-state index in [1.165, 1.54) is 11.2 Å². The van der Waals surface area contributed by atoms with E-state index in [0.717, 1.165) is 10.0 Å². The van der Waals surface area contributed by atoms with Crippen LogP contribution in [-0.4, -0.2) is 35.6 Å². The number of sulfonamides is 1. The van der Waals surface area contributed by atoms with Gasteiger partial charge in [0.15, 0.2) is 5.25 Å². The number of carbonyl (C=O) groups is 1. The molecule has 0 aliphatic rings. The molecule has 0 saturated carbocycles. The number of halogens is 1. The van der Waals surface area contributed by atoms with Crippen molar-refractivity contribution in [2.24, 2.45) is 0 Å². The van der Waals surface area contributed by atoms with Crippen molar-refractivity contribution in [2.75, 3.05) is 6.54 Å². The molecule has 7 heteroatoms. The molecule has 0 heterocycles. The summed E-state index contributed by atoms with van der Waals surface area (Å²) in [5.74, 6) is -1.34. The van der Waals surface area contributed by atoms with E-state index in [9.17, 15) is 13.2 Å². The van der Waals surface area contributed by atoms with Crippen LogP contribution in [0.4, 0.5) is 0 Å². The molecule has 0 radical (unpaired) electrons. The minimum Gasteiger partial charge on any atom is -0.480 e. The lowest BCUT2D eigenvalue weighted by Crippen LogP contribution is -2.42. The first-order valence-corrected chi connectivity index (χ1v) is 9.01. The van der Waals surface area contributed by atoms with Crippen LogP contribution in [0.5, 0.6) is 0 Å². The zero-order chi connectivity index (χ0) is 16.2. The second kappa shape index (κ2) is 7.38. The Morgan fingerprint density at radius 3 is 2.38 bits per heavy atom. The molecule has 118 valence electrons. The van der Waals surface area contributed by atoms with E-state index < -0.39 is 27.3 Å². The number of hydrogen-bond acceptors (Lipinski definition) is 3. The zero-order valence-electron chi connectivity index (χ0n) is 12.3. The lowest BCUT2D eigenvalue weighted by atomic mass is 10.1. The van der Waals surface area contributed by atoms with Crippen LogP contribution >= 0.6 is 15.9 Å². The molecule has 21 heavy (non-hydrogen) atoms. The van der Waals surface area contributed by atoms with Crippen molar-refractivity contribution in [1.29, 1.82) is 0 Å². The van der Waals surface area contributed by atoms with Gasteiger partial charge in [0.2, 0.25) is 10.0 Å². The van der Waals surface area contributed by atoms with Gasteiger partial charge in [0, 0.05) is 17.1 Å². The molecule has 1 rings (SSSR count). The van der Waals surface area contributed by atoms with Gasteiger partial charge in [0.05, 0.1) is 0 Å². The summed E-state index contributed by atoms with van der Waals surface area (Å²) in [4.78, 5) is 11.1. The fourth-order valence-corrected chi connectivity index (χ4v) is 4.33. The Labute approximate surface area is 134 Å². The van der Waals surface area contributed by atoms with Crippen molar-refractivity contribution in [1.82, 2.24) is 4.31 Å². The molecule has 0 aliphatic carbocycles. The van der Waals surface area contributed by atoms with E-state index in [-0.39, 0.29) is 6.54 Å². The first-order chi connectivity index (χ1) is 9.73. The van der Waals surface area contributed by atoms with Crippen molar-refractivity contribution in [3.8, 4) is 0 Å². The first kappa shape index (κ1) is 18.1. The number of hydrogen-bond donors (Lipinski definition) is 1. The molecule has 2 unspecified atom stereocenters. The second-order valence-corrected chi connectivity index (χ2v) is 7.89. The van der Waals surface area contributed by atoms with Gasteiger partial charge >= 0.3 is 5.97 Å². The number of carboxylic acids is 1. The average molecular weight is 378 g/mol. The van der Waals surface area contributed by atoms with Crippen LogP contribution in [-0.2, 0) is 14.8 Å². The molecular formula is C14H20BrNO4S. The van der Waals surface area contributed by atoms with Crippen molar-refractivity contribution in [2.45, 2.75) is 38.5 Å². The van der Waals surface area contributed by atoms with Gasteiger partial charge in [-0.3, -0.25) is 4.79 Å². The highest BCUT2D eigenvalue weighted by atomic mass is 79.9. The highest BCUT2D eigenvalue weighted by Crippen LogP contribution is 2.30. The normalized spacial score (nSPS) is 14.9. The molecular weight excluding hydrogens is 358 g/mol. The van der Waals surface area contributed by atoms with Gasteiger partial charge in [0.25, 0.3) is 0 Å². The summed E-state index contributed by atoms with van der Waals surface area (Å²) in [6.07, 6.45) is 0.611. The molecule has 1 aromatic rings. The molecule has 0 fully saturated rings. The van der Waals surface area contributed by atoms with Gasteiger partial charge < -0.3 is 5.11 Å². The third-order valence-corrected chi connectivity index (χ3v) is 6.32. The Kier molecular flexibility index (Phi) is 6.37. The number of benzene rings is 1. The molecule has 1 N–H and O–H groups in total. The van der Waals surface area contributed by atoms with Crippen LogP contribution in [0.25, 0.3) is 0 Å². The highest BCUT2D eigenvalue weighted by Gasteiger charge is 2.36. The molecule has 0 saturated heterocycles. The lowest BCUT2D eigenvalue weighted by Gasteiger charge is -2.30. The van der Waals surface area contributed by atoms with Crippen LogP contribution in [0.3, 0.4) is 0 Å². The standard InChI is InChI=1S/C14H20BrNO4S/c1-4-9-16(21(19,20)11(3)14(17)18)10(2)12-7-5-6-8-13(12)15/h5-8,10-11H,4,9H2,1-3H3,(H,17,18). The fourth-order valence-electron chi connectivity index (χ4n) is 2.06. The minimum absolute atomic E-state index is 0.280. The highest BCUT2D eigenvalue weighted by molar-refractivity contribution is 9.10. The summed E-state index contributed by atoms with van der Waals surface area (Å²) >= 11 is 3.41. The van der Waals surface area contributed by atoms with Gasteiger partial charge in [-0.05, 0) is 31.9 Å². The number of carboxylic acid groups (broad SMARTS) is 1. The Morgan fingerprint density at radius 1 is 1.33 bits per heavy atom. The first-order valence-electron chi connectivity index (χ1n) is 6.71. The monoisotopic (exact) mass is 377 g/mol. The van der Waals surface area contributed by atoms with Crippen molar-refractivity contribution < 1.29 is 18.3 Å². The number of nitrogens with zero attached hydrogens (tertiary/aromatic N) is 1. The summed E-state index contributed by atoms with van der Waals surface area (Å²) in [5.41, 5.74) is 0.812. The predicted molar refractivity (Wildman–Crippen MR) is 85.6 cm³/mol. The predicted octanol–water partition coefficient (Wildman–Crippen LogP) is 3.03. The number of aliphatic carboxylic acids is 1. The van der Waals surface area contributed by atoms with Gasteiger partial charge in [-0.25, -0.2) is 8.42 Å². The van der Waals surface area contributed by atoms with Gasteiger partial charge in [-0.2, -0.15) is 4.31 Å². The van der Waals surface area contributed by atoms with Crippen LogP contribution in [0.15, 0.2) is 28.7 Å². The van der Waals surface area contributed by atoms with Gasteiger partial charge in [0.1, 0.15) is 0 Å². The summed E-state index contributed by atoms with van der Waals surface area (Å²) in [6.45, 7) is 5.11. The van der Waals surface area contributed by atoms with Crippen LogP contribution in [0.2, 0.25) is 0 Å². The average Bonchev–Trinajstić information content (AvgIpc) is 2.43. The number of rotatable bonds is 7. The van der Waals surface area contributed by atoms with Crippen molar-refractivity contribution in [3.05, 3.63) is 34.3 Å². The molecule has 0 amide bonds. The molecule has 5 nitrogen and oxygen atoms in total. The molecule has 0 spiro atoms. The van der Waals surface area contributed by atoms with E-state index in [2.05, 4.69) is 15.9 Å². The Morgan fingerprint density at radius 2 is 1.90 bits per heavy atom. The Hall–Kier alpha value is -0.920. The molecule has 0 bridgehead atoms. The third kappa shape index (κ3) is 4.05. The third-order valence-electron chi connectivity index (χ3n) is 3.35. The van der Waals surface area contributed by atoms with Gasteiger partial charge in [-0.15, -0.1) is 0 Å². The fraction of sp³-hybridized carbons (Fsp3) is 0.500. The smallest absolute Gasteiger partial charge is 0.323 e. The maximum atomic E-state index is 12.5. The topological polar surface area (TPSA) is 74.7 Å². The maximum absolute atomic E-state index is 12.5. The maximum Gasteiger partial charge on any atom is 0.323 e.